The molecule has 0 saturated carbocycles. The van der Waals surface area contributed by atoms with Gasteiger partial charge in [-0.05, 0) is 80.4 Å². The summed E-state index contributed by atoms with van der Waals surface area (Å²) >= 11 is 0. The van der Waals surface area contributed by atoms with E-state index < -0.39 is 43.2 Å². The lowest BCUT2D eigenvalue weighted by molar-refractivity contribution is -0.158. The number of hydrogen-bond donors (Lipinski definition) is 2. The number of nitrogens with one attached hydrogen (secondary N) is 1. The number of carbonyl (C=O) groups is 4. The summed E-state index contributed by atoms with van der Waals surface area (Å²) in [6.07, 6.45) is -0.377. The third-order valence-corrected chi connectivity index (χ3v) is 13.9. The monoisotopic (exact) mass is 758 g/mol. The van der Waals surface area contributed by atoms with Gasteiger partial charge in [0.05, 0.1) is 31.8 Å². The molecule has 3 atom stereocenters. The highest BCUT2D eigenvalue weighted by atomic mass is 28.4. The normalized spacial score (nSPS) is 23.4. The molecule has 0 aromatic rings. The van der Waals surface area contributed by atoms with Gasteiger partial charge in [0.25, 0.3) is 0 Å². The number of hydrogen-bond acceptors (Lipinski definition) is 13. The Hall–Kier alpha value is -2.14. The van der Waals surface area contributed by atoms with Crippen LogP contribution in [0.25, 0.3) is 0 Å². The van der Waals surface area contributed by atoms with Crippen LogP contribution in [0, 0.1) is 0 Å². The van der Waals surface area contributed by atoms with Gasteiger partial charge in [-0.25, -0.2) is 0 Å². The molecule has 0 radical (unpaired) electrons. The minimum absolute atomic E-state index is 0.0331. The van der Waals surface area contributed by atoms with E-state index in [1.165, 1.54) is 0 Å². The second-order valence-corrected chi connectivity index (χ2v) is 23.5. The van der Waals surface area contributed by atoms with E-state index in [4.69, 9.17) is 18.6 Å². The van der Waals surface area contributed by atoms with Gasteiger partial charge in [0.2, 0.25) is 0 Å². The standard InChI is InChI=1S/C37H71N5O9Si/c1-34(2,3)48-28(43)24-39-15-17-40(25-29(44)49-35(4,5)6)19-21-42(22-20-41(18-16-39)26-30(45)50-36(7,8)9)32-27(23-38-31(32)33(46)47)51-52(13,14)37(10,11)12/h27,31-32,38H,15-26H2,1-14H3,(H,46,47)/t27-,31-,32+/m0/s1. The zero-order chi connectivity index (χ0) is 39.9. The van der Waals surface area contributed by atoms with Gasteiger partial charge in [0.15, 0.2) is 8.32 Å². The molecule has 0 spiro atoms. The summed E-state index contributed by atoms with van der Waals surface area (Å²) in [7, 11) is -2.29. The highest BCUT2D eigenvalue weighted by Gasteiger charge is 2.49. The van der Waals surface area contributed by atoms with Gasteiger partial charge in [0.1, 0.15) is 22.8 Å². The second-order valence-electron chi connectivity index (χ2n) is 18.8. The summed E-state index contributed by atoms with van der Waals surface area (Å²) < 4.78 is 23.9. The highest BCUT2D eigenvalue weighted by molar-refractivity contribution is 6.74. The predicted molar refractivity (Wildman–Crippen MR) is 204 cm³/mol. The molecule has 0 unspecified atom stereocenters. The van der Waals surface area contributed by atoms with Crippen molar-refractivity contribution >= 4 is 32.2 Å². The first kappa shape index (κ1) is 46.0. The molecule has 2 fully saturated rings. The summed E-state index contributed by atoms with van der Waals surface area (Å²) in [6, 6.07) is -1.37. The summed E-state index contributed by atoms with van der Waals surface area (Å²) in [6.45, 7) is 31.3. The van der Waals surface area contributed by atoms with Crippen molar-refractivity contribution in [3.63, 3.8) is 0 Å². The van der Waals surface area contributed by atoms with Crippen LogP contribution in [0.2, 0.25) is 18.1 Å². The lowest BCUT2D eigenvalue weighted by Gasteiger charge is -2.43. The molecular formula is C37H71N5O9Si. The van der Waals surface area contributed by atoms with E-state index in [0.29, 0.717) is 58.9 Å². The lowest BCUT2D eigenvalue weighted by Crippen LogP contribution is -2.58. The molecule has 2 rings (SSSR count). The smallest absolute Gasteiger partial charge is 0.322 e. The molecule has 0 amide bonds. The van der Waals surface area contributed by atoms with Gasteiger partial charge < -0.3 is 29.1 Å². The molecule has 2 aliphatic heterocycles. The summed E-state index contributed by atoms with van der Waals surface area (Å²) in [5.74, 6) is -2.03. The van der Waals surface area contributed by atoms with Crippen molar-refractivity contribution in [2.75, 3.05) is 78.5 Å². The predicted octanol–water partition coefficient (Wildman–Crippen LogP) is 3.05. The van der Waals surface area contributed by atoms with E-state index in [9.17, 15) is 24.3 Å². The number of carbonyl (C=O) groups excluding carboxylic acids is 3. The zero-order valence-corrected chi connectivity index (χ0v) is 35.7. The largest absolute Gasteiger partial charge is 0.480 e. The number of nitrogens with zero attached hydrogens (tertiary/aromatic N) is 4. The average molecular weight is 758 g/mol. The van der Waals surface area contributed by atoms with Gasteiger partial charge in [-0.1, -0.05) is 20.8 Å². The van der Waals surface area contributed by atoms with Crippen LogP contribution in [-0.4, -0.2) is 170 Å². The number of ether oxygens (including phenoxy) is 3. The Morgan fingerprint density at radius 3 is 1.23 bits per heavy atom. The molecule has 2 saturated heterocycles. The quantitative estimate of drug-likeness (QED) is 0.191. The zero-order valence-electron chi connectivity index (χ0n) is 34.7. The SMILES string of the molecule is CC(C)(C)OC(=O)CN1CCN(CC(=O)OC(C)(C)C)CCN([C@@H]2[C@@H](O[Si](C)(C)C(C)(C)C)CN[C@@H]2C(=O)O)CCN(CC(=O)OC(C)(C)C)CC1. The molecule has 302 valence electrons. The first-order chi connectivity index (χ1) is 23.5. The van der Waals surface area contributed by atoms with Crippen molar-refractivity contribution < 1.29 is 42.9 Å². The van der Waals surface area contributed by atoms with Gasteiger partial charge >= 0.3 is 23.9 Å². The number of carboxylic acids is 1. The van der Waals surface area contributed by atoms with E-state index in [1.54, 1.807) is 0 Å². The van der Waals surface area contributed by atoms with E-state index >= 15 is 0 Å². The van der Waals surface area contributed by atoms with Crippen LogP contribution in [-0.2, 0) is 37.8 Å². The Morgan fingerprint density at radius 1 is 0.615 bits per heavy atom. The Kier molecular flexibility index (Phi) is 16.3. The van der Waals surface area contributed by atoms with E-state index in [1.807, 2.05) is 77.0 Å². The molecule has 2 aliphatic rings. The van der Waals surface area contributed by atoms with E-state index in [0.717, 1.165) is 0 Å². The van der Waals surface area contributed by atoms with E-state index in [-0.39, 0.29) is 48.7 Å². The third kappa shape index (κ3) is 16.5. The van der Waals surface area contributed by atoms with Crippen molar-refractivity contribution in [1.82, 2.24) is 24.9 Å². The molecule has 2 N–H and O–H groups in total. The Bertz CT molecular complexity index is 1160. The van der Waals surface area contributed by atoms with Gasteiger partial charge in [-0.15, -0.1) is 0 Å². The van der Waals surface area contributed by atoms with Crippen LogP contribution in [0.3, 0.4) is 0 Å². The topological polar surface area (TPSA) is 150 Å². The molecule has 2 heterocycles. The maximum atomic E-state index is 13.1. The number of aliphatic carboxylic acids is 1. The number of rotatable bonds is 10. The van der Waals surface area contributed by atoms with Crippen LogP contribution in [0.4, 0.5) is 0 Å². The molecule has 0 bridgehead atoms. The number of carboxylic acid groups (broad SMARTS) is 1. The third-order valence-electron chi connectivity index (χ3n) is 9.39. The summed E-state index contributed by atoms with van der Waals surface area (Å²) in [5, 5.41) is 13.5. The van der Waals surface area contributed by atoms with Gasteiger partial charge in [-0.3, -0.25) is 38.8 Å². The maximum Gasteiger partial charge on any atom is 0.322 e. The average Bonchev–Trinajstić information content (AvgIpc) is 3.32. The van der Waals surface area contributed by atoms with Crippen LogP contribution in [0.15, 0.2) is 0 Å². The summed E-state index contributed by atoms with van der Waals surface area (Å²) in [4.78, 5) is 60.1. The maximum absolute atomic E-state index is 13.1. The Balaban J connectivity index is 2.52. The second kappa shape index (κ2) is 18.5. The van der Waals surface area contributed by atoms with Crippen molar-refractivity contribution in [3.8, 4) is 0 Å². The molecule has 0 aliphatic carbocycles. The molecule has 0 aromatic carbocycles. The molecule has 52 heavy (non-hydrogen) atoms. The van der Waals surface area contributed by atoms with Crippen LogP contribution < -0.4 is 5.32 Å². The summed E-state index contributed by atoms with van der Waals surface area (Å²) in [5.41, 5.74) is -1.96. The van der Waals surface area contributed by atoms with Crippen molar-refractivity contribution in [2.24, 2.45) is 0 Å². The van der Waals surface area contributed by atoms with Crippen molar-refractivity contribution in [3.05, 3.63) is 0 Å². The van der Waals surface area contributed by atoms with Crippen molar-refractivity contribution in [2.45, 2.75) is 136 Å². The molecule has 0 aromatic heterocycles. The van der Waals surface area contributed by atoms with Gasteiger partial charge in [-0.2, -0.15) is 0 Å². The lowest BCUT2D eigenvalue weighted by atomic mass is 10.1. The van der Waals surface area contributed by atoms with Gasteiger partial charge in [0, 0.05) is 58.9 Å². The fraction of sp³-hybridized carbons (Fsp3) is 0.892. The van der Waals surface area contributed by atoms with E-state index in [2.05, 4.69) is 44.1 Å². The van der Waals surface area contributed by atoms with Crippen LogP contribution in [0.5, 0.6) is 0 Å². The molecule has 14 nitrogen and oxygen atoms in total. The Labute approximate surface area is 314 Å². The van der Waals surface area contributed by atoms with Crippen LogP contribution >= 0.6 is 0 Å². The first-order valence-electron chi connectivity index (χ1n) is 18.8. The van der Waals surface area contributed by atoms with Crippen LogP contribution in [0.1, 0.15) is 83.1 Å². The Morgan fingerprint density at radius 2 is 0.942 bits per heavy atom. The minimum Gasteiger partial charge on any atom is -0.480 e. The fourth-order valence-corrected chi connectivity index (χ4v) is 7.37. The minimum atomic E-state index is -2.29. The molecular weight excluding hydrogens is 687 g/mol. The van der Waals surface area contributed by atoms with Crippen molar-refractivity contribution in [1.29, 1.82) is 0 Å². The highest BCUT2D eigenvalue weighted by Crippen LogP contribution is 2.38. The fourth-order valence-electron chi connectivity index (χ4n) is 6.04. The number of esters is 3. The molecule has 15 heteroatoms. The first-order valence-corrected chi connectivity index (χ1v) is 21.7.